The third-order valence-corrected chi connectivity index (χ3v) is 6.82. The largest absolute Gasteiger partial charge is 0.332 e. The summed E-state index contributed by atoms with van der Waals surface area (Å²) in [5.74, 6) is -0.515. The van der Waals surface area contributed by atoms with Gasteiger partial charge in [0.1, 0.15) is 17.3 Å². The minimum atomic E-state index is -3.93. The van der Waals surface area contributed by atoms with E-state index in [0.29, 0.717) is 29.3 Å². The van der Waals surface area contributed by atoms with Crippen molar-refractivity contribution in [2.24, 2.45) is 0 Å². The van der Waals surface area contributed by atoms with E-state index < -0.39 is 15.8 Å². The molecule has 12 heteroatoms. The van der Waals surface area contributed by atoms with Gasteiger partial charge in [-0.05, 0) is 60.2 Å². The van der Waals surface area contributed by atoms with Gasteiger partial charge in [0, 0.05) is 24.0 Å². The highest BCUT2D eigenvalue weighted by Gasteiger charge is 2.17. The molecule has 5 rings (SSSR count). The molecule has 2 aromatic heterocycles. The van der Waals surface area contributed by atoms with E-state index in [2.05, 4.69) is 19.8 Å². The molecule has 0 radical (unpaired) electrons. The average molecular weight is 528 g/mol. The lowest BCUT2D eigenvalue weighted by Crippen LogP contribution is -2.13. The van der Waals surface area contributed by atoms with Crippen molar-refractivity contribution in [3.63, 3.8) is 0 Å². The third-order valence-electron chi connectivity index (χ3n) is 5.15. The minimum absolute atomic E-state index is 0.146. The second-order valence-electron chi connectivity index (χ2n) is 7.74. The maximum atomic E-state index is 13.3. The van der Waals surface area contributed by atoms with E-state index in [9.17, 15) is 17.2 Å². The number of imidazole rings is 1. The van der Waals surface area contributed by atoms with E-state index in [-0.39, 0.29) is 21.6 Å². The molecule has 3 aromatic carbocycles. The lowest BCUT2D eigenvalue weighted by molar-refractivity contribution is 0.431. The van der Waals surface area contributed by atoms with E-state index in [0.717, 1.165) is 23.8 Å². The van der Waals surface area contributed by atoms with Gasteiger partial charge in [-0.25, -0.2) is 22.2 Å². The molecule has 0 fully saturated rings. The zero-order chi connectivity index (χ0) is 25.3. The summed E-state index contributed by atoms with van der Waals surface area (Å²) in [7, 11) is -3.93. The second kappa shape index (κ2) is 9.51. The Morgan fingerprint density at radius 2 is 1.75 bits per heavy atom. The smallest absolute Gasteiger partial charge is 0.278 e. The van der Waals surface area contributed by atoms with E-state index >= 15 is 0 Å². The van der Waals surface area contributed by atoms with Crippen LogP contribution >= 0.6 is 11.6 Å². The molecule has 0 aliphatic rings. The first-order valence-corrected chi connectivity index (χ1v) is 12.3. The molecule has 0 bridgehead atoms. The van der Waals surface area contributed by atoms with Crippen molar-refractivity contribution in [1.82, 2.24) is 19.7 Å². The molecular formula is C24H16ClF2N5O3S. The quantitative estimate of drug-likeness (QED) is 0.305. The van der Waals surface area contributed by atoms with Crippen molar-refractivity contribution in [3.8, 4) is 23.0 Å². The number of nitrogens with one attached hydrogen (secondary N) is 1. The van der Waals surface area contributed by atoms with Crippen LogP contribution in [-0.2, 0) is 16.6 Å². The van der Waals surface area contributed by atoms with Gasteiger partial charge >= 0.3 is 0 Å². The van der Waals surface area contributed by atoms with Crippen LogP contribution in [0.2, 0.25) is 5.02 Å². The van der Waals surface area contributed by atoms with E-state index in [1.807, 2.05) is 0 Å². The van der Waals surface area contributed by atoms with Crippen molar-refractivity contribution in [1.29, 1.82) is 0 Å². The number of nitrogens with zero attached hydrogens (tertiary/aromatic N) is 4. The van der Waals surface area contributed by atoms with Crippen LogP contribution < -0.4 is 4.72 Å². The maximum Gasteiger partial charge on any atom is 0.278 e. The fourth-order valence-corrected chi connectivity index (χ4v) is 4.68. The summed E-state index contributed by atoms with van der Waals surface area (Å²) in [5, 5.41) is 3.64. The highest BCUT2D eigenvalue weighted by molar-refractivity contribution is 7.92. The first-order chi connectivity index (χ1) is 17.3. The molecule has 0 amide bonds. The van der Waals surface area contributed by atoms with Crippen molar-refractivity contribution >= 4 is 27.3 Å². The first kappa shape index (κ1) is 23.6. The SMILES string of the molecule is O=S(=O)(Nc1ccc(Cn2cnc(-c3nc(-c4ccc(F)cc4)no3)c2)cc1)c1ccc(F)c(Cl)c1. The van der Waals surface area contributed by atoms with Gasteiger partial charge in [-0.1, -0.05) is 28.9 Å². The summed E-state index contributed by atoms with van der Waals surface area (Å²) in [4.78, 5) is 8.46. The molecule has 1 N–H and O–H groups in total. The zero-order valence-corrected chi connectivity index (χ0v) is 19.8. The number of aromatic nitrogens is 4. The minimum Gasteiger partial charge on any atom is -0.332 e. The number of rotatable bonds is 7. The Morgan fingerprint density at radius 1 is 1.00 bits per heavy atom. The summed E-state index contributed by atoms with van der Waals surface area (Å²) in [5.41, 5.74) is 2.30. The van der Waals surface area contributed by atoms with Gasteiger partial charge in [-0.15, -0.1) is 0 Å². The summed E-state index contributed by atoms with van der Waals surface area (Å²) in [6.45, 7) is 0.451. The lowest BCUT2D eigenvalue weighted by Gasteiger charge is -2.10. The zero-order valence-electron chi connectivity index (χ0n) is 18.3. The molecule has 0 unspecified atom stereocenters. The molecule has 36 heavy (non-hydrogen) atoms. The highest BCUT2D eigenvalue weighted by atomic mass is 35.5. The summed E-state index contributed by atoms with van der Waals surface area (Å²) in [6, 6.07) is 15.7. The second-order valence-corrected chi connectivity index (χ2v) is 9.83. The Kier molecular flexibility index (Phi) is 6.25. The molecule has 0 atom stereocenters. The van der Waals surface area contributed by atoms with Gasteiger partial charge < -0.3 is 9.09 Å². The summed E-state index contributed by atoms with van der Waals surface area (Å²) in [6.07, 6.45) is 3.34. The molecule has 8 nitrogen and oxygen atoms in total. The number of anilines is 1. The van der Waals surface area contributed by atoms with Gasteiger partial charge in [0.25, 0.3) is 15.9 Å². The van der Waals surface area contributed by atoms with Crippen LogP contribution in [0.4, 0.5) is 14.5 Å². The number of benzene rings is 3. The molecule has 0 saturated heterocycles. The molecule has 182 valence electrons. The standard InChI is InChI=1S/C24H16ClF2N5O3S/c25-20-11-19(9-10-21(20)27)36(33,34)31-18-7-1-15(2-8-18)12-32-13-22(28-14-32)24-29-23(30-35-24)16-3-5-17(26)6-4-16/h1-11,13-14,31H,12H2. The van der Waals surface area contributed by atoms with Crippen molar-refractivity contribution in [3.05, 3.63) is 101 Å². The van der Waals surface area contributed by atoms with Crippen LogP contribution in [0.5, 0.6) is 0 Å². The number of hydrogen-bond acceptors (Lipinski definition) is 6. The molecule has 0 aliphatic carbocycles. The Balaban J connectivity index is 1.25. The Morgan fingerprint density at radius 3 is 2.47 bits per heavy atom. The Bertz CT molecular complexity index is 1640. The predicted octanol–water partition coefficient (Wildman–Crippen LogP) is 5.38. The van der Waals surface area contributed by atoms with Gasteiger partial charge in [-0.3, -0.25) is 4.72 Å². The number of hydrogen-bond donors (Lipinski definition) is 1. The highest BCUT2D eigenvalue weighted by Crippen LogP contribution is 2.23. The lowest BCUT2D eigenvalue weighted by atomic mass is 10.2. The van der Waals surface area contributed by atoms with E-state index in [1.54, 1.807) is 53.5 Å². The number of sulfonamides is 1. The summed E-state index contributed by atoms with van der Waals surface area (Å²) >= 11 is 5.70. The average Bonchev–Trinajstić information content (AvgIpc) is 3.52. The van der Waals surface area contributed by atoms with Crippen molar-refractivity contribution < 1.29 is 21.7 Å². The van der Waals surface area contributed by atoms with Gasteiger partial charge in [0.2, 0.25) is 5.82 Å². The summed E-state index contributed by atoms with van der Waals surface area (Å²) < 4.78 is 61.1. The van der Waals surface area contributed by atoms with Crippen LogP contribution in [-0.4, -0.2) is 28.1 Å². The molecule has 0 aliphatic heterocycles. The molecule has 5 aromatic rings. The topological polar surface area (TPSA) is 103 Å². The van der Waals surface area contributed by atoms with Crippen LogP contribution in [0, 0.1) is 11.6 Å². The van der Waals surface area contributed by atoms with E-state index in [4.69, 9.17) is 16.1 Å². The normalized spacial score (nSPS) is 11.5. The fourth-order valence-electron chi connectivity index (χ4n) is 3.35. The van der Waals surface area contributed by atoms with Gasteiger partial charge in [0.05, 0.1) is 16.2 Å². The maximum absolute atomic E-state index is 13.3. The third kappa shape index (κ3) is 5.11. The molecule has 0 spiro atoms. The van der Waals surface area contributed by atoms with Gasteiger partial charge in [0.15, 0.2) is 0 Å². The fraction of sp³-hybridized carbons (Fsp3) is 0.0417. The predicted molar refractivity (Wildman–Crippen MR) is 129 cm³/mol. The number of halogens is 3. The molecule has 2 heterocycles. The Labute approximate surface area is 209 Å². The van der Waals surface area contributed by atoms with Crippen molar-refractivity contribution in [2.45, 2.75) is 11.4 Å². The van der Waals surface area contributed by atoms with Crippen LogP contribution in [0.1, 0.15) is 5.56 Å². The van der Waals surface area contributed by atoms with E-state index in [1.165, 1.54) is 12.1 Å². The monoisotopic (exact) mass is 527 g/mol. The van der Waals surface area contributed by atoms with Crippen LogP contribution in [0.15, 0.2) is 88.7 Å². The Hall–Kier alpha value is -4.09. The van der Waals surface area contributed by atoms with Crippen LogP contribution in [0.3, 0.4) is 0 Å². The van der Waals surface area contributed by atoms with Gasteiger partial charge in [-0.2, -0.15) is 4.98 Å². The molecule has 0 saturated carbocycles. The van der Waals surface area contributed by atoms with Crippen molar-refractivity contribution in [2.75, 3.05) is 4.72 Å². The molecular weight excluding hydrogens is 512 g/mol. The van der Waals surface area contributed by atoms with Crippen LogP contribution in [0.25, 0.3) is 23.0 Å². The first-order valence-electron chi connectivity index (χ1n) is 10.5.